The molecule has 5 heteroatoms. The van der Waals surface area contributed by atoms with E-state index in [-0.39, 0.29) is 47.3 Å². The van der Waals surface area contributed by atoms with Gasteiger partial charge < -0.3 is 14.6 Å². The van der Waals surface area contributed by atoms with Crippen LogP contribution < -0.4 is 0 Å². The number of aliphatic hydroxyl groups is 1. The van der Waals surface area contributed by atoms with Crippen LogP contribution in [0.5, 0.6) is 0 Å². The minimum atomic E-state index is -0.993. The summed E-state index contributed by atoms with van der Waals surface area (Å²) in [7, 11) is 0. The summed E-state index contributed by atoms with van der Waals surface area (Å²) in [6, 6.07) is 0. The van der Waals surface area contributed by atoms with E-state index in [0.717, 1.165) is 19.3 Å². The monoisotopic (exact) mass is 420 g/mol. The molecule has 0 unspecified atom stereocenters. The fourth-order valence-corrected chi connectivity index (χ4v) is 6.84. The summed E-state index contributed by atoms with van der Waals surface area (Å²) in [5, 5.41) is 10.0. The van der Waals surface area contributed by atoms with Crippen molar-refractivity contribution < 1.29 is 24.2 Å². The van der Waals surface area contributed by atoms with Crippen molar-refractivity contribution in [2.75, 3.05) is 13.2 Å². The smallest absolute Gasteiger partial charge is 0.309 e. The molecular formula is C25H40O5. The van der Waals surface area contributed by atoms with Gasteiger partial charge in [-0.05, 0) is 60.2 Å². The fraction of sp³-hybridized carbons (Fsp3) is 0.840. The summed E-state index contributed by atoms with van der Waals surface area (Å²) in [5.41, 5.74) is 1.76. The van der Waals surface area contributed by atoms with Crippen LogP contribution in [0.4, 0.5) is 0 Å². The molecule has 0 aromatic carbocycles. The van der Waals surface area contributed by atoms with Crippen molar-refractivity contribution in [3.05, 3.63) is 11.6 Å². The third-order valence-corrected chi connectivity index (χ3v) is 8.80. The Hall–Kier alpha value is -1.36. The first kappa shape index (κ1) is 23.3. The number of rotatable bonds is 5. The number of carbonyl (C=O) groups excluding carboxylic acids is 2. The molecule has 0 spiro atoms. The zero-order chi connectivity index (χ0) is 22.3. The molecule has 2 saturated carbocycles. The number of aliphatic hydroxyl groups excluding tert-OH is 1. The second kappa shape index (κ2) is 8.29. The number of fused-ring (bicyclic) bond motifs is 3. The molecule has 2 fully saturated rings. The van der Waals surface area contributed by atoms with Gasteiger partial charge in [-0.3, -0.25) is 9.59 Å². The van der Waals surface area contributed by atoms with Gasteiger partial charge >= 0.3 is 11.9 Å². The van der Waals surface area contributed by atoms with E-state index in [0.29, 0.717) is 5.92 Å². The molecule has 3 aliphatic carbocycles. The minimum Gasteiger partial charge on any atom is -0.463 e. The molecule has 6 atom stereocenters. The van der Waals surface area contributed by atoms with Crippen molar-refractivity contribution in [2.45, 2.75) is 86.2 Å². The summed E-state index contributed by atoms with van der Waals surface area (Å²) in [5.74, 6) is -0.0976. The van der Waals surface area contributed by atoms with Crippen molar-refractivity contribution in [3.8, 4) is 0 Å². The highest BCUT2D eigenvalue weighted by molar-refractivity contribution is 5.74. The van der Waals surface area contributed by atoms with E-state index in [1.165, 1.54) is 26.2 Å². The quantitative estimate of drug-likeness (QED) is 0.517. The second-order valence-electron chi connectivity index (χ2n) is 11.1. The number of carbonyl (C=O) groups is 2. The van der Waals surface area contributed by atoms with Crippen LogP contribution in [-0.4, -0.2) is 36.4 Å². The van der Waals surface area contributed by atoms with Gasteiger partial charge in [0.1, 0.15) is 19.3 Å². The van der Waals surface area contributed by atoms with Crippen molar-refractivity contribution in [3.63, 3.8) is 0 Å². The van der Waals surface area contributed by atoms with Gasteiger partial charge in [0.05, 0.1) is 5.92 Å². The second-order valence-corrected chi connectivity index (χ2v) is 11.1. The number of ether oxygens (including phenoxy) is 2. The van der Waals surface area contributed by atoms with Gasteiger partial charge in [-0.1, -0.05) is 52.7 Å². The molecule has 3 aliphatic rings. The Kier molecular flexibility index (Phi) is 6.44. The molecule has 0 aromatic heterocycles. The average Bonchev–Trinajstić information content (AvgIpc) is 2.65. The Labute approximate surface area is 181 Å². The number of hydrogen-bond donors (Lipinski definition) is 1. The van der Waals surface area contributed by atoms with Crippen LogP contribution in [-0.2, 0) is 19.1 Å². The zero-order valence-corrected chi connectivity index (χ0v) is 19.6. The maximum absolute atomic E-state index is 13.3. The summed E-state index contributed by atoms with van der Waals surface area (Å²) in [6.45, 7) is 12.6. The van der Waals surface area contributed by atoms with Crippen LogP contribution in [0, 0.1) is 34.0 Å². The Bertz CT molecular complexity index is 710. The lowest BCUT2D eigenvalue weighted by molar-refractivity contribution is -0.178. The highest BCUT2D eigenvalue weighted by Gasteiger charge is 2.62. The van der Waals surface area contributed by atoms with Crippen molar-refractivity contribution in [1.82, 2.24) is 0 Å². The van der Waals surface area contributed by atoms with E-state index in [2.05, 4.69) is 40.7 Å². The molecular weight excluding hydrogens is 380 g/mol. The first-order valence-electron chi connectivity index (χ1n) is 11.6. The third kappa shape index (κ3) is 3.94. The predicted octanol–water partition coefficient (Wildman–Crippen LogP) is 4.67. The van der Waals surface area contributed by atoms with Gasteiger partial charge in [-0.25, -0.2) is 0 Å². The van der Waals surface area contributed by atoms with Gasteiger partial charge in [0.25, 0.3) is 0 Å². The molecule has 0 amide bonds. The number of allylic oxidation sites excluding steroid dienone is 2. The third-order valence-electron chi connectivity index (χ3n) is 8.80. The maximum Gasteiger partial charge on any atom is 0.309 e. The summed E-state index contributed by atoms with van der Waals surface area (Å²) in [4.78, 5) is 24.2. The minimum absolute atomic E-state index is 0.0708. The first-order chi connectivity index (χ1) is 13.9. The van der Waals surface area contributed by atoms with E-state index in [9.17, 15) is 14.7 Å². The fourth-order valence-electron chi connectivity index (χ4n) is 6.84. The first-order valence-corrected chi connectivity index (χ1v) is 11.6. The van der Waals surface area contributed by atoms with Crippen LogP contribution in [0.1, 0.15) is 80.1 Å². The Morgan fingerprint density at radius 3 is 2.43 bits per heavy atom. The Morgan fingerprint density at radius 1 is 1.10 bits per heavy atom. The Morgan fingerprint density at radius 2 is 1.77 bits per heavy atom. The molecule has 30 heavy (non-hydrogen) atoms. The molecule has 0 aromatic rings. The molecule has 170 valence electrons. The lowest BCUT2D eigenvalue weighted by atomic mass is 9.40. The van der Waals surface area contributed by atoms with E-state index in [1.807, 2.05) is 0 Å². The lowest BCUT2D eigenvalue weighted by Gasteiger charge is -2.63. The van der Waals surface area contributed by atoms with Gasteiger partial charge in [0.2, 0.25) is 0 Å². The molecule has 3 rings (SSSR count). The highest BCUT2D eigenvalue weighted by atomic mass is 16.6. The van der Waals surface area contributed by atoms with Gasteiger partial charge in [-0.2, -0.15) is 0 Å². The van der Waals surface area contributed by atoms with Crippen LogP contribution in [0.25, 0.3) is 0 Å². The summed E-state index contributed by atoms with van der Waals surface area (Å²) < 4.78 is 10.4. The summed E-state index contributed by atoms with van der Waals surface area (Å²) >= 11 is 0. The molecule has 0 bridgehead atoms. The predicted molar refractivity (Wildman–Crippen MR) is 116 cm³/mol. The standard InChI is InChI=1S/C25H40O5/c1-16-9-12-24(5)20-8-7-11-23(3,4)19(20)10-13-25(24,6)21(16)22(28)30-15-18(27)14-29-17(2)26/h10,16,18,20-21,27H,7-9,11-15H2,1-6H3/t16-,18+,20+,21-,24-,25-/m1/s1. The van der Waals surface area contributed by atoms with Gasteiger partial charge in [0, 0.05) is 6.92 Å². The zero-order valence-electron chi connectivity index (χ0n) is 19.6. The van der Waals surface area contributed by atoms with Gasteiger partial charge in [0.15, 0.2) is 0 Å². The summed E-state index contributed by atoms with van der Waals surface area (Å²) in [6.07, 6.45) is 8.20. The van der Waals surface area contributed by atoms with Crippen LogP contribution >= 0.6 is 0 Å². The maximum atomic E-state index is 13.3. The van der Waals surface area contributed by atoms with E-state index < -0.39 is 12.1 Å². The van der Waals surface area contributed by atoms with Crippen LogP contribution in [0.3, 0.4) is 0 Å². The molecule has 0 radical (unpaired) electrons. The molecule has 5 nitrogen and oxygen atoms in total. The van der Waals surface area contributed by atoms with E-state index in [1.54, 1.807) is 5.57 Å². The van der Waals surface area contributed by atoms with E-state index >= 15 is 0 Å². The number of hydrogen-bond acceptors (Lipinski definition) is 5. The molecule has 0 aliphatic heterocycles. The van der Waals surface area contributed by atoms with E-state index in [4.69, 9.17) is 9.47 Å². The lowest BCUT2D eigenvalue weighted by Crippen LogP contribution is -2.58. The highest BCUT2D eigenvalue weighted by Crippen LogP contribution is 2.68. The molecule has 0 heterocycles. The van der Waals surface area contributed by atoms with Gasteiger partial charge in [-0.15, -0.1) is 0 Å². The number of esters is 2. The average molecular weight is 421 g/mol. The van der Waals surface area contributed by atoms with Crippen molar-refractivity contribution in [1.29, 1.82) is 0 Å². The topological polar surface area (TPSA) is 72.8 Å². The van der Waals surface area contributed by atoms with Crippen LogP contribution in [0.15, 0.2) is 11.6 Å². The largest absolute Gasteiger partial charge is 0.463 e. The van der Waals surface area contributed by atoms with Crippen molar-refractivity contribution >= 4 is 11.9 Å². The normalized spacial score (nSPS) is 38.5. The Balaban J connectivity index is 1.81. The molecule has 1 N–H and O–H groups in total. The van der Waals surface area contributed by atoms with Crippen LogP contribution in [0.2, 0.25) is 0 Å². The SMILES string of the molecule is CC(=O)OC[C@H](O)COC(=O)[C@H]1[C@H](C)CC[C@]2(C)[C@H]3CCCC(C)(C)C3=CC[C@]12C. The molecule has 0 saturated heterocycles. The van der Waals surface area contributed by atoms with Crippen molar-refractivity contribution in [2.24, 2.45) is 34.0 Å².